The van der Waals surface area contributed by atoms with Gasteiger partial charge in [0.25, 0.3) is 29.3 Å². The van der Waals surface area contributed by atoms with Gasteiger partial charge in [-0.2, -0.15) is 0 Å². The van der Waals surface area contributed by atoms with Gasteiger partial charge in [0.1, 0.15) is 16.7 Å². The normalized spacial score (nSPS) is 24.6. The first-order valence-corrected chi connectivity index (χ1v) is 14.3. The van der Waals surface area contributed by atoms with Gasteiger partial charge in [0.05, 0.1) is 0 Å². The molecular weight excluding hydrogens is 576 g/mol. The van der Waals surface area contributed by atoms with Gasteiger partial charge in [-0.25, -0.2) is 19.2 Å². The smallest absolute Gasteiger partial charge is 0.348 e. The van der Waals surface area contributed by atoms with Gasteiger partial charge in [0.2, 0.25) is 0 Å². The van der Waals surface area contributed by atoms with Crippen molar-refractivity contribution in [2.24, 2.45) is 0 Å². The number of hydrogen-bond donors (Lipinski definition) is 2. The fraction of sp³-hybridized carbons (Fsp3) is 0.375. The van der Waals surface area contributed by atoms with Crippen molar-refractivity contribution in [1.29, 1.82) is 0 Å². The van der Waals surface area contributed by atoms with Crippen LogP contribution in [0.1, 0.15) is 57.8 Å². The molecule has 3 spiro atoms. The number of ether oxygens (including phenoxy) is 6. The molecule has 0 aromatic carbocycles. The topological polar surface area (TPSA) is 164 Å². The second-order valence-electron chi connectivity index (χ2n) is 10.8. The Bertz CT molecular complexity index is 1430. The van der Waals surface area contributed by atoms with Crippen molar-refractivity contribution in [3.05, 3.63) is 95.9 Å². The summed E-state index contributed by atoms with van der Waals surface area (Å²) in [6, 6.07) is 0. The van der Waals surface area contributed by atoms with Crippen LogP contribution in [0.25, 0.3) is 0 Å². The Morgan fingerprint density at radius 2 is 0.955 bits per heavy atom. The molecule has 5 rings (SSSR count). The zero-order chi connectivity index (χ0) is 31.4. The minimum absolute atomic E-state index is 0.00525. The molecule has 44 heavy (non-hydrogen) atoms. The third-order valence-corrected chi connectivity index (χ3v) is 7.78. The van der Waals surface area contributed by atoms with Gasteiger partial charge >= 0.3 is 23.9 Å². The predicted molar refractivity (Wildman–Crippen MR) is 150 cm³/mol. The lowest BCUT2D eigenvalue weighted by atomic mass is 9.87. The van der Waals surface area contributed by atoms with E-state index in [1.54, 1.807) is 18.2 Å². The van der Waals surface area contributed by atoms with Crippen LogP contribution in [0.5, 0.6) is 0 Å². The van der Waals surface area contributed by atoms with Crippen LogP contribution in [0, 0.1) is 0 Å². The number of aliphatic hydroxyl groups excluding tert-OH is 2. The summed E-state index contributed by atoms with van der Waals surface area (Å²) in [4.78, 5) is 50.1. The van der Waals surface area contributed by atoms with E-state index < -0.39 is 53.1 Å². The van der Waals surface area contributed by atoms with Crippen LogP contribution in [0.3, 0.4) is 0 Å². The Morgan fingerprint density at radius 1 is 0.523 bits per heavy atom. The molecule has 1 saturated heterocycles. The molecule has 0 radical (unpaired) electrons. The van der Waals surface area contributed by atoms with E-state index in [0.717, 1.165) is 19.3 Å². The van der Waals surface area contributed by atoms with Crippen molar-refractivity contribution in [3.8, 4) is 0 Å². The van der Waals surface area contributed by atoms with Crippen LogP contribution in [-0.4, -0.2) is 51.5 Å². The number of esters is 4. The maximum Gasteiger partial charge on any atom is 0.348 e. The third-order valence-electron chi connectivity index (χ3n) is 7.78. The van der Waals surface area contributed by atoms with Crippen LogP contribution >= 0.6 is 0 Å². The average Bonchev–Trinajstić information content (AvgIpc) is 2.97. The summed E-state index contributed by atoms with van der Waals surface area (Å²) in [6.45, 7) is 3.54. The standard InChI is InChI=1S/C32H32O12/c1-2-3-4-7-12-21-26(35)41-31(42-27(21)36)17-19-32(20-18-31)43-28(37)23(29(38)44-32)14-9-5-8-13-22-24(33)39-30(40-25(22)34)15-10-6-11-16-30/h2-5,7-9,12-14,35,37H,1,6,10-11,15-20H2/b4-3+,8-5+,12-7+,14-9+. The SMILES string of the molecule is C=C/C=C/C=C/C1=C(O)OC2(CCC3(CC2)OC(=O)C(/C=C/C=C/C=C2C(=O)OC4(CCCCC4)OC2=O)=C(O)O3)OC1=O. The average molecular weight is 609 g/mol. The quantitative estimate of drug-likeness (QED) is 0.140. The van der Waals surface area contributed by atoms with E-state index in [9.17, 15) is 29.4 Å². The maximum atomic E-state index is 12.8. The van der Waals surface area contributed by atoms with Crippen molar-refractivity contribution >= 4 is 23.9 Å². The van der Waals surface area contributed by atoms with Crippen molar-refractivity contribution in [2.75, 3.05) is 0 Å². The largest absolute Gasteiger partial charge is 0.480 e. The van der Waals surface area contributed by atoms with E-state index in [-0.39, 0.29) is 42.4 Å². The molecule has 0 atom stereocenters. The zero-order valence-corrected chi connectivity index (χ0v) is 23.8. The van der Waals surface area contributed by atoms with Crippen molar-refractivity contribution in [2.45, 2.75) is 75.1 Å². The molecule has 0 aromatic rings. The molecule has 12 nitrogen and oxygen atoms in total. The summed E-state index contributed by atoms with van der Waals surface area (Å²) in [5, 5.41) is 20.9. The number of rotatable bonds is 6. The van der Waals surface area contributed by atoms with Crippen molar-refractivity contribution < 1.29 is 57.8 Å². The molecule has 2 N–H and O–H groups in total. The van der Waals surface area contributed by atoms with Crippen LogP contribution in [0.15, 0.2) is 95.9 Å². The minimum atomic E-state index is -1.52. The molecular formula is C32H32O12. The Labute approximate surface area is 252 Å². The van der Waals surface area contributed by atoms with Gasteiger partial charge in [-0.05, 0) is 31.1 Å². The molecule has 3 aliphatic heterocycles. The summed E-state index contributed by atoms with van der Waals surface area (Å²) >= 11 is 0. The molecule has 2 aliphatic carbocycles. The Hall–Kier alpha value is -5.00. The highest BCUT2D eigenvalue weighted by atomic mass is 16.8. The molecule has 2 saturated carbocycles. The maximum absolute atomic E-state index is 12.8. The van der Waals surface area contributed by atoms with E-state index in [0.29, 0.717) is 12.8 Å². The highest BCUT2D eigenvalue weighted by Gasteiger charge is 2.55. The van der Waals surface area contributed by atoms with Crippen LogP contribution in [0.2, 0.25) is 0 Å². The molecule has 0 aromatic heterocycles. The molecule has 0 amide bonds. The first-order valence-electron chi connectivity index (χ1n) is 14.3. The number of allylic oxidation sites excluding steroid dienone is 8. The summed E-state index contributed by atoms with van der Waals surface area (Å²) in [5.41, 5.74) is -0.666. The lowest BCUT2D eigenvalue weighted by Gasteiger charge is -2.46. The molecule has 3 heterocycles. The van der Waals surface area contributed by atoms with Gasteiger partial charge in [-0.15, -0.1) is 0 Å². The molecule has 5 aliphatic rings. The number of aliphatic hydroxyl groups is 2. The highest BCUT2D eigenvalue weighted by molar-refractivity contribution is 6.15. The number of hydrogen-bond acceptors (Lipinski definition) is 12. The monoisotopic (exact) mass is 608 g/mol. The van der Waals surface area contributed by atoms with Crippen LogP contribution in [-0.2, 0) is 47.6 Å². The zero-order valence-electron chi connectivity index (χ0n) is 23.8. The first-order chi connectivity index (χ1) is 21.1. The van der Waals surface area contributed by atoms with E-state index >= 15 is 0 Å². The lowest BCUT2D eigenvalue weighted by Crippen LogP contribution is -2.53. The first kappa shape index (κ1) is 30.5. The Morgan fingerprint density at radius 3 is 1.41 bits per heavy atom. The molecule has 232 valence electrons. The van der Waals surface area contributed by atoms with Crippen molar-refractivity contribution in [1.82, 2.24) is 0 Å². The molecule has 12 heteroatoms. The summed E-state index contributed by atoms with van der Waals surface area (Å²) in [5.74, 6) is -8.58. The summed E-state index contributed by atoms with van der Waals surface area (Å²) < 4.78 is 33.1. The molecule has 3 fully saturated rings. The predicted octanol–water partition coefficient (Wildman–Crippen LogP) is 4.74. The minimum Gasteiger partial charge on any atom is -0.480 e. The van der Waals surface area contributed by atoms with Gasteiger partial charge < -0.3 is 38.6 Å². The second-order valence-corrected chi connectivity index (χ2v) is 10.8. The summed E-state index contributed by atoms with van der Waals surface area (Å²) in [6.07, 6.45) is 17.9. The molecule has 0 bridgehead atoms. The Kier molecular flexibility index (Phi) is 8.52. The number of carbonyl (C=O) groups is 4. The van der Waals surface area contributed by atoms with Gasteiger partial charge in [0, 0.05) is 38.5 Å². The van der Waals surface area contributed by atoms with E-state index in [1.165, 1.54) is 42.5 Å². The van der Waals surface area contributed by atoms with E-state index in [1.807, 2.05) is 0 Å². The lowest BCUT2D eigenvalue weighted by molar-refractivity contribution is -0.302. The Balaban J connectivity index is 1.18. The van der Waals surface area contributed by atoms with Crippen LogP contribution < -0.4 is 0 Å². The van der Waals surface area contributed by atoms with Crippen molar-refractivity contribution in [3.63, 3.8) is 0 Å². The van der Waals surface area contributed by atoms with Gasteiger partial charge in [-0.1, -0.05) is 55.5 Å². The fourth-order valence-corrected chi connectivity index (χ4v) is 5.47. The van der Waals surface area contributed by atoms with E-state index in [2.05, 4.69) is 6.58 Å². The van der Waals surface area contributed by atoms with Gasteiger partial charge in [0.15, 0.2) is 0 Å². The second kappa shape index (κ2) is 12.3. The fourth-order valence-electron chi connectivity index (χ4n) is 5.47. The number of carbonyl (C=O) groups excluding carboxylic acids is 4. The third kappa shape index (κ3) is 6.34. The van der Waals surface area contributed by atoms with E-state index in [4.69, 9.17) is 28.4 Å². The van der Waals surface area contributed by atoms with Gasteiger partial charge in [-0.3, -0.25) is 0 Å². The van der Waals surface area contributed by atoms with Crippen LogP contribution in [0.4, 0.5) is 0 Å². The molecule has 0 unspecified atom stereocenters. The highest BCUT2D eigenvalue weighted by Crippen LogP contribution is 2.46. The summed E-state index contributed by atoms with van der Waals surface area (Å²) in [7, 11) is 0.